The van der Waals surface area contributed by atoms with E-state index in [0.29, 0.717) is 12.4 Å². The molecule has 1 atom stereocenters. The van der Waals surface area contributed by atoms with E-state index in [1.807, 2.05) is 36.6 Å². The monoisotopic (exact) mass is 391 g/mol. The maximum absolute atomic E-state index is 12.4. The van der Waals surface area contributed by atoms with Gasteiger partial charge in [-0.05, 0) is 47.5 Å². The standard InChI is InChI=1S/C19H21NO4S2/c1-2-11-24-14-7-9-15(10-8-14)26(22,23)20-12-18(21)17-13-25-19-6-4-3-5-16(17)19/h3-10,13,18,20-21H,2,11-12H2,1H3. The minimum absolute atomic E-state index is 0.0862. The van der Waals surface area contributed by atoms with Crippen LogP contribution in [0, 0.1) is 0 Å². The molecule has 0 bridgehead atoms. The van der Waals surface area contributed by atoms with Crippen molar-refractivity contribution in [3.63, 3.8) is 0 Å². The van der Waals surface area contributed by atoms with E-state index >= 15 is 0 Å². The summed E-state index contributed by atoms with van der Waals surface area (Å²) in [6.45, 7) is 2.51. The van der Waals surface area contributed by atoms with Crippen LogP contribution in [0.5, 0.6) is 5.75 Å². The van der Waals surface area contributed by atoms with Gasteiger partial charge in [0.05, 0.1) is 17.6 Å². The zero-order valence-corrected chi connectivity index (χ0v) is 16.0. The fraction of sp³-hybridized carbons (Fsp3) is 0.263. The van der Waals surface area contributed by atoms with Crippen molar-refractivity contribution in [2.45, 2.75) is 24.3 Å². The van der Waals surface area contributed by atoms with Gasteiger partial charge in [0.15, 0.2) is 0 Å². The first-order valence-corrected chi connectivity index (χ1v) is 10.7. The van der Waals surface area contributed by atoms with Gasteiger partial charge in [0.2, 0.25) is 10.0 Å². The molecule has 0 spiro atoms. The molecule has 1 unspecified atom stereocenters. The van der Waals surface area contributed by atoms with E-state index in [-0.39, 0.29) is 11.4 Å². The highest BCUT2D eigenvalue weighted by molar-refractivity contribution is 7.89. The van der Waals surface area contributed by atoms with Crippen molar-refractivity contribution in [3.05, 3.63) is 59.5 Å². The van der Waals surface area contributed by atoms with Crippen molar-refractivity contribution in [1.29, 1.82) is 0 Å². The van der Waals surface area contributed by atoms with Gasteiger partial charge in [-0.2, -0.15) is 0 Å². The van der Waals surface area contributed by atoms with Crippen LogP contribution in [-0.4, -0.2) is 26.7 Å². The second-order valence-corrected chi connectivity index (χ2v) is 8.55. The molecule has 5 nitrogen and oxygen atoms in total. The summed E-state index contributed by atoms with van der Waals surface area (Å²) in [7, 11) is -3.70. The van der Waals surface area contributed by atoms with E-state index in [4.69, 9.17) is 4.74 Å². The SMILES string of the molecule is CCCOc1ccc(S(=O)(=O)NCC(O)c2csc3ccccc23)cc1. The third kappa shape index (κ3) is 4.24. The largest absolute Gasteiger partial charge is 0.494 e. The van der Waals surface area contributed by atoms with Gasteiger partial charge < -0.3 is 9.84 Å². The van der Waals surface area contributed by atoms with E-state index in [9.17, 15) is 13.5 Å². The molecule has 0 amide bonds. The Hall–Kier alpha value is -1.93. The number of ether oxygens (including phenoxy) is 1. The van der Waals surface area contributed by atoms with E-state index in [1.54, 1.807) is 12.1 Å². The zero-order chi connectivity index (χ0) is 18.6. The van der Waals surface area contributed by atoms with E-state index in [0.717, 1.165) is 22.1 Å². The summed E-state index contributed by atoms with van der Waals surface area (Å²) in [4.78, 5) is 0.142. The Kier molecular flexibility index (Phi) is 5.93. The normalized spacial score (nSPS) is 13.0. The minimum atomic E-state index is -3.70. The Morgan fingerprint density at radius 3 is 2.62 bits per heavy atom. The number of rotatable bonds is 8. The summed E-state index contributed by atoms with van der Waals surface area (Å²) in [6.07, 6.45) is -0.0235. The Bertz CT molecular complexity index is 965. The number of hydrogen-bond acceptors (Lipinski definition) is 5. The number of aliphatic hydroxyl groups is 1. The Morgan fingerprint density at radius 1 is 1.15 bits per heavy atom. The predicted molar refractivity (Wildman–Crippen MR) is 104 cm³/mol. The lowest BCUT2D eigenvalue weighted by atomic mass is 10.1. The number of sulfonamides is 1. The van der Waals surface area contributed by atoms with Crippen LogP contribution in [0.25, 0.3) is 10.1 Å². The molecule has 138 valence electrons. The van der Waals surface area contributed by atoms with Crippen LogP contribution >= 0.6 is 11.3 Å². The molecule has 2 N–H and O–H groups in total. The molecule has 7 heteroatoms. The summed E-state index contributed by atoms with van der Waals surface area (Å²) in [5, 5.41) is 13.2. The van der Waals surface area contributed by atoms with Gasteiger partial charge in [0, 0.05) is 16.8 Å². The van der Waals surface area contributed by atoms with Crippen LogP contribution < -0.4 is 9.46 Å². The summed E-state index contributed by atoms with van der Waals surface area (Å²) < 4.78 is 33.9. The first-order chi connectivity index (χ1) is 12.5. The first kappa shape index (κ1) is 18.8. The first-order valence-electron chi connectivity index (χ1n) is 8.38. The number of thiophene rings is 1. The van der Waals surface area contributed by atoms with Gasteiger partial charge >= 0.3 is 0 Å². The molecular formula is C19H21NO4S2. The number of aliphatic hydroxyl groups excluding tert-OH is 1. The minimum Gasteiger partial charge on any atom is -0.494 e. The van der Waals surface area contributed by atoms with Crippen molar-refractivity contribution in [3.8, 4) is 5.75 Å². The van der Waals surface area contributed by atoms with Crippen molar-refractivity contribution >= 4 is 31.4 Å². The van der Waals surface area contributed by atoms with Gasteiger partial charge in [-0.3, -0.25) is 0 Å². The van der Waals surface area contributed by atoms with Crippen LogP contribution in [0.4, 0.5) is 0 Å². The average molecular weight is 392 g/mol. The third-order valence-electron chi connectivity index (χ3n) is 3.94. The van der Waals surface area contributed by atoms with Crippen molar-refractivity contribution in [1.82, 2.24) is 4.72 Å². The quantitative estimate of drug-likeness (QED) is 0.614. The molecule has 3 rings (SSSR count). The van der Waals surface area contributed by atoms with E-state index in [2.05, 4.69) is 4.72 Å². The summed E-state index contributed by atoms with van der Waals surface area (Å²) >= 11 is 1.53. The lowest BCUT2D eigenvalue weighted by molar-refractivity contribution is 0.184. The molecule has 0 radical (unpaired) electrons. The highest BCUT2D eigenvalue weighted by atomic mass is 32.2. The van der Waals surface area contributed by atoms with Crippen molar-refractivity contribution in [2.24, 2.45) is 0 Å². The number of fused-ring (bicyclic) bond motifs is 1. The lowest BCUT2D eigenvalue weighted by Gasteiger charge is -2.12. The number of benzene rings is 2. The fourth-order valence-electron chi connectivity index (χ4n) is 2.57. The Morgan fingerprint density at radius 2 is 1.88 bits per heavy atom. The second kappa shape index (κ2) is 8.18. The second-order valence-electron chi connectivity index (χ2n) is 5.87. The van der Waals surface area contributed by atoms with Gasteiger partial charge in [-0.15, -0.1) is 11.3 Å². The van der Waals surface area contributed by atoms with Crippen LogP contribution in [-0.2, 0) is 10.0 Å². The molecule has 0 aliphatic carbocycles. The van der Waals surface area contributed by atoms with Crippen LogP contribution in [0.3, 0.4) is 0 Å². The number of hydrogen-bond donors (Lipinski definition) is 2. The highest BCUT2D eigenvalue weighted by Gasteiger charge is 2.18. The molecule has 1 heterocycles. The topological polar surface area (TPSA) is 75.6 Å². The van der Waals surface area contributed by atoms with Gasteiger partial charge in [0.1, 0.15) is 5.75 Å². The third-order valence-corrected chi connectivity index (χ3v) is 6.36. The predicted octanol–water partition coefficient (Wildman–Crippen LogP) is 3.70. The molecule has 0 saturated heterocycles. The van der Waals surface area contributed by atoms with E-state index < -0.39 is 16.1 Å². The summed E-state index contributed by atoms with van der Waals surface area (Å²) in [5.74, 6) is 0.635. The molecule has 0 aliphatic heterocycles. The van der Waals surface area contributed by atoms with Gasteiger partial charge in [-0.25, -0.2) is 13.1 Å². The maximum atomic E-state index is 12.4. The average Bonchev–Trinajstić information content (AvgIpc) is 3.09. The molecule has 0 saturated carbocycles. The number of nitrogens with one attached hydrogen (secondary N) is 1. The Labute approximate surface area is 157 Å². The van der Waals surface area contributed by atoms with Gasteiger partial charge in [0.25, 0.3) is 0 Å². The summed E-state index contributed by atoms with van der Waals surface area (Å²) in [6, 6.07) is 14.0. The van der Waals surface area contributed by atoms with Crippen LogP contribution in [0.2, 0.25) is 0 Å². The molecule has 26 heavy (non-hydrogen) atoms. The zero-order valence-electron chi connectivity index (χ0n) is 14.4. The molecular weight excluding hydrogens is 370 g/mol. The molecule has 3 aromatic rings. The molecule has 1 aromatic heterocycles. The molecule has 2 aromatic carbocycles. The fourth-order valence-corrected chi connectivity index (χ4v) is 4.62. The molecule has 0 aliphatic rings. The summed E-state index contributed by atoms with van der Waals surface area (Å²) in [5.41, 5.74) is 0.733. The van der Waals surface area contributed by atoms with E-state index in [1.165, 1.54) is 23.5 Å². The van der Waals surface area contributed by atoms with Crippen molar-refractivity contribution < 1.29 is 18.3 Å². The molecule has 0 fully saturated rings. The smallest absolute Gasteiger partial charge is 0.240 e. The highest BCUT2D eigenvalue weighted by Crippen LogP contribution is 2.30. The van der Waals surface area contributed by atoms with Gasteiger partial charge in [-0.1, -0.05) is 25.1 Å². The maximum Gasteiger partial charge on any atom is 0.240 e. The van der Waals surface area contributed by atoms with Crippen LogP contribution in [0.15, 0.2) is 58.8 Å². The Balaban J connectivity index is 1.67. The van der Waals surface area contributed by atoms with Crippen LogP contribution in [0.1, 0.15) is 25.0 Å². The lowest BCUT2D eigenvalue weighted by Crippen LogP contribution is -2.28. The van der Waals surface area contributed by atoms with Crippen molar-refractivity contribution in [2.75, 3.05) is 13.2 Å².